The highest BCUT2D eigenvalue weighted by atomic mass is 79.9. The fraction of sp³-hybridized carbons (Fsp3) is 0.167. The van der Waals surface area contributed by atoms with Crippen molar-refractivity contribution in [2.45, 2.75) is 18.6 Å². The molecule has 8 heteroatoms. The molecule has 0 saturated heterocycles. The van der Waals surface area contributed by atoms with E-state index < -0.39 is 22.4 Å². The number of hydrogen-bond donors (Lipinski definition) is 2. The number of rotatable bonds is 4. The minimum absolute atomic E-state index is 0.118. The first-order valence-electron chi connectivity index (χ1n) is 5.51. The third kappa shape index (κ3) is 3.02. The van der Waals surface area contributed by atoms with Crippen molar-refractivity contribution in [3.63, 3.8) is 0 Å². The molecule has 5 nitrogen and oxygen atoms in total. The molecular weight excluding hydrogens is 353 g/mol. The second kappa shape index (κ2) is 5.55. The molecule has 2 aromatic rings. The molecule has 0 aliphatic heterocycles. The summed E-state index contributed by atoms with van der Waals surface area (Å²) in [5.74, 6) is -0.451. The lowest BCUT2D eigenvalue weighted by atomic mass is 10.2. The zero-order chi connectivity index (χ0) is 14.9. The van der Waals surface area contributed by atoms with E-state index in [1.807, 2.05) is 0 Å². The number of aryl methyl sites for hydroxylation is 1. The van der Waals surface area contributed by atoms with Gasteiger partial charge in [-0.15, -0.1) is 0 Å². The van der Waals surface area contributed by atoms with Gasteiger partial charge < -0.3 is 9.52 Å². The van der Waals surface area contributed by atoms with Crippen LogP contribution in [0.3, 0.4) is 0 Å². The van der Waals surface area contributed by atoms with Crippen LogP contribution >= 0.6 is 15.9 Å². The van der Waals surface area contributed by atoms with Crippen molar-refractivity contribution in [1.82, 2.24) is 0 Å². The molecule has 1 aromatic heterocycles. The van der Waals surface area contributed by atoms with E-state index in [4.69, 9.17) is 9.52 Å². The largest absolute Gasteiger partial charge is 0.445 e. The fourth-order valence-corrected chi connectivity index (χ4v) is 3.07. The van der Waals surface area contributed by atoms with Gasteiger partial charge in [0, 0.05) is 0 Å². The summed E-state index contributed by atoms with van der Waals surface area (Å²) in [6, 6.07) is 5.11. The first kappa shape index (κ1) is 15.0. The van der Waals surface area contributed by atoms with Crippen LogP contribution in [0.2, 0.25) is 0 Å². The lowest BCUT2D eigenvalue weighted by molar-refractivity contribution is 0.236. The Bertz CT molecular complexity index is 742. The monoisotopic (exact) mass is 363 g/mol. The topological polar surface area (TPSA) is 79.5 Å². The Labute approximate surface area is 123 Å². The van der Waals surface area contributed by atoms with E-state index in [0.717, 1.165) is 6.07 Å². The van der Waals surface area contributed by atoms with Crippen molar-refractivity contribution in [3.8, 4) is 0 Å². The molecule has 0 unspecified atom stereocenters. The molecule has 0 aliphatic carbocycles. The quantitative estimate of drug-likeness (QED) is 0.875. The molecule has 0 bridgehead atoms. The van der Waals surface area contributed by atoms with E-state index in [0.29, 0.717) is 5.56 Å². The van der Waals surface area contributed by atoms with Crippen LogP contribution in [-0.2, 0) is 16.6 Å². The standard InChI is InChI=1S/C12H11BrFNO4S/c1-7-4-9(13)10(14)5-11(7)15-20(17,18)12-3-2-8(6-16)19-12/h2-5,15-16H,6H2,1H3. The van der Waals surface area contributed by atoms with Crippen molar-refractivity contribution in [2.75, 3.05) is 4.72 Å². The van der Waals surface area contributed by atoms with Gasteiger partial charge in [0.05, 0.1) is 10.2 Å². The molecule has 20 heavy (non-hydrogen) atoms. The van der Waals surface area contributed by atoms with Gasteiger partial charge in [0.1, 0.15) is 18.2 Å². The van der Waals surface area contributed by atoms with Gasteiger partial charge in [-0.05, 0) is 52.7 Å². The Kier molecular flexibility index (Phi) is 4.17. The van der Waals surface area contributed by atoms with Gasteiger partial charge in [0.25, 0.3) is 10.0 Å². The number of benzene rings is 1. The molecule has 0 radical (unpaired) electrons. The minimum atomic E-state index is -3.96. The van der Waals surface area contributed by atoms with Crippen molar-refractivity contribution in [3.05, 3.63) is 45.9 Å². The van der Waals surface area contributed by atoms with E-state index in [9.17, 15) is 12.8 Å². The molecule has 0 spiro atoms. The predicted octanol–water partition coefficient (Wildman–Crippen LogP) is 2.78. The summed E-state index contributed by atoms with van der Waals surface area (Å²) in [6.07, 6.45) is 0. The maximum absolute atomic E-state index is 13.5. The summed E-state index contributed by atoms with van der Waals surface area (Å²) >= 11 is 3.02. The zero-order valence-corrected chi connectivity index (χ0v) is 12.8. The first-order valence-corrected chi connectivity index (χ1v) is 7.79. The number of anilines is 1. The summed E-state index contributed by atoms with van der Waals surface area (Å²) in [5, 5.41) is 8.51. The van der Waals surface area contributed by atoms with Crippen LogP contribution in [0.15, 0.2) is 38.2 Å². The van der Waals surface area contributed by atoms with Gasteiger partial charge in [0.15, 0.2) is 0 Å². The number of hydrogen-bond acceptors (Lipinski definition) is 4. The Balaban J connectivity index is 2.35. The van der Waals surface area contributed by atoms with Crippen molar-refractivity contribution in [1.29, 1.82) is 0 Å². The highest BCUT2D eigenvalue weighted by Crippen LogP contribution is 2.26. The molecule has 1 aromatic carbocycles. The van der Waals surface area contributed by atoms with Crippen LogP contribution < -0.4 is 4.72 Å². The van der Waals surface area contributed by atoms with E-state index in [-0.39, 0.29) is 21.0 Å². The van der Waals surface area contributed by atoms with Crippen molar-refractivity contribution < 1.29 is 22.3 Å². The van der Waals surface area contributed by atoms with Crippen LogP contribution in [0.1, 0.15) is 11.3 Å². The lowest BCUT2D eigenvalue weighted by Crippen LogP contribution is -2.13. The van der Waals surface area contributed by atoms with Crippen LogP contribution in [-0.4, -0.2) is 13.5 Å². The molecule has 2 rings (SSSR count). The SMILES string of the molecule is Cc1cc(Br)c(F)cc1NS(=O)(=O)c1ccc(CO)o1. The average molecular weight is 364 g/mol. The molecular formula is C12H11BrFNO4S. The van der Waals surface area contributed by atoms with Gasteiger partial charge in [-0.3, -0.25) is 4.72 Å². The zero-order valence-electron chi connectivity index (χ0n) is 10.4. The second-order valence-corrected chi connectivity index (χ2v) is 6.53. The summed E-state index contributed by atoms with van der Waals surface area (Å²) in [4.78, 5) is 0. The third-order valence-corrected chi connectivity index (χ3v) is 4.41. The molecule has 0 saturated carbocycles. The normalized spacial score (nSPS) is 11.6. The Morgan fingerprint density at radius 3 is 2.70 bits per heavy atom. The van der Waals surface area contributed by atoms with E-state index in [1.54, 1.807) is 6.92 Å². The molecule has 0 amide bonds. The number of sulfonamides is 1. The number of furan rings is 1. The van der Waals surface area contributed by atoms with E-state index in [2.05, 4.69) is 20.7 Å². The van der Waals surface area contributed by atoms with Crippen LogP contribution in [0, 0.1) is 12.7 Å². The molecule has 0 fully saturated rings. The maximum Gasteiger partial charge on any atom is 0.295 e. The smallest absolute Gasteiger partial charge is 0.295 e. The van der Waals surface area contributed by atoms with Gasteiger partial charge in [-0.2, -0.15) is 8.42 Å². The Morgan fingerprint density at radius 1 is 1.40 bits per heavy atom. The Morgan fingerprint density at radius 2 is 2.10 bits per heavy atom. The number of aliphatic hydroxyl groups is 1. The Hall–Kier alpha value is -1.38. The highest BCUT2D eigenvalue weighted by molar-refractivity contribution is 9.10. The molecule has 2 N–H and O–H groups in total. The van der Waals surface area contributed by atoms with E-state index in [1.165, 1.54) is 18.2 Å². The lowest BCUT2D eigenvalue weighted by Gasteiger charge is -2.09. The number of nitrogens with one attached hydrogen (secondary N) is 1. The molecule has 108 valence electrons. The van der Waals surface area contributed by atoms with Crippen molar-refractivity contribution in [2.24, 2.45) is 0 Å². The second-order valence-electron chi connectivity index (χ2n) is 4.07. The molecule has 0 aliphatic rings. The summed E-state index contributed by atoms with van der Waals surface area (Å²) < 4.78 is 45.0. The highest BCUT2D eigenvalue weighted by Gasteiger charge is 2.20. The molecule has 0 atom stereocenters. The predicted molar refractivity (Wildman–Crippen MR) is 74.3 cm³/mol. The number of aliphatic hydroxyl groups excluding tert-OH is 1. The van der Waals surface area contributed by atoms with Gasteiger partial charge >= 0.3 is 0 Å². The van der Waals surface area contributed by atoms with E-state index >= 15 is 0 Å². The average Bonchev–Trinajstić information content (AvgIpc) is 2.85. The molecule has 1 heterocycles. The fourth-order valence-electron chi connectivity index (χ4n) is 1.54. The maximum atomic E-state index is 13.5. The minimum Gasteiger partial charge on any atom is -0.445 e. The van der Waals surface area contributed by atoms with Gasteiger partial charge in [-0.1, -0.05) is 0 Å². The number of halogens is 2. The van der Waals surface area contributed by atoms with Gasteiger partial charge in [-0.25, -0.2) is 4.39 Å². The summed E-state index contributed by atoms with van der Waals surface area (Å²) in [6.45, 7) is 1.24. The van der Waals surface area contributed by atoms with Crippen molar-refractivity contribution >= 4 is 31.6 Å². The first-order chi connectivity index (χ1) is 9.33. The summed E-state index contributed by atoms with van der Waals surface area (Å²) in [5.41, 5.74) is 0.670. The van der Waals surface area contributed by atoms with Gasteiger partial charge in [0.2, 0.25) is 5.09 Å². The third-order valence-electron chi connectivity index (χ3n) is 2.57. The van der Waals surface area contributed by atoms with Crippen LogP contribution in [0.4, 0.5) is 10.1 Å². The van der Waals surface area contributed by atoms with Crippen LogP contribution in [0.25, 0.3) is 0 Å². The summed E-state index contributed by atoms with van der Waals surface area (Å²) in [7, 11) is -3.96. The van der Waals surface area contributed by atoms with Crippen LogP contribution in [0.5, 0.6) is 0 Å².